The predicted octanol–water partition coefficient (Wildman–Crippen LogP) is 3.17. The molecule has 1 unspecified atom stereocenters. The highest BCUT2D eigenvalue weighted by Crippen LogP contribution is 2.46. The summed E-state index contributed by atoms with van der Waals surface area (Å²) in [5.41, 5.74) is 3.49. The smallest absolute Gasteiger partial charge is 0.332 e. The molecule has 0 fully saturated rings. The number of rotatable bonds is 4. The quantitative estimate of drug-likeness (QED) is 0.467. The van der Waals surface area contributed by atoms with Crippen LogP contribution in [0, 0.1) is 0 Å². The predicted molar refractivity (Wildman–Crippen MR) is 104 cm³/mol. The van der Waals surface area contributed by atoms with Crippen LogP contribution in [0.25, 0.3) is 11.1 Å². The topological polar surface area (TPSA) is 66.9 Å². The van der Waals surface area contributed by atoms with Crippen molar-refractivity contribution in [2.75, 3.05) is 11.5 Å². The van der Waals surface area contributed by atoms with Gasteiger partial charge in [-0.1, -0.05) is 42.5 Å². The second-order valence-electron chi connectivity index (χ2n) is 6.33. The summed E-state index contributed by atoms with van der Waals surface area (Å²) in [6.07, 6.45) is 4.69. The average Bonchev–Trinajstić information content (AvgIpc) is 3.04. The van der Waals surface area contributed by atoms with Crippen molar-refractivity contribution in [1.82, 2.24) is 4.90 Å². The average molecular weight is 374 g/mol. The summed E-state index contributed by atoms with van der Waals surface area (Å²) in [5, 5.41) is 0. The summed E-state index contributed by atoms with van der Waals surface area (Å²) >= 11 is 0. The van der Waals surface area contributed by atoms with Crippen molar-refractivity contribution < 1.29 is 19.1 Å². The summed E-state index contributed by atoms with van der Waals surface area (Å²) in [6.45, 7) is 1.99. The molecule has 2 heterocycles. The zero-order valence-corrected chi connectivity index (χ0v) is 15.2. The number of carbonyl (C=O) groups is 3. The maximum absolute atomic E-state index is 12.5. The van der Waals surface area contributed by atoms with E-state index in [1.165, 1.54) is 23.1 Å². The molecule has 0 spiro atoms. The lowest BCUT2D eigenvalue weighted by Crippen LogP contribution is -2.44. The molecule has 2 aromatic rings. The number of anilines is 1. The maximum Gasteiger partial charge on any atom is 0.332 e. The molecule has 0 saturated carbocycles. The molecule has 28 heavy (non-hydrogen) atoms. The zero-order valence-electron chi connectivity index (χ0n) is 15.2. The maximum atomic E-state index is 12.5. The van der Waals surface area contributed by atoms with Crippen molar-refractivity contribution in [3.63, 3.8) is 0 Å². The molecule has 2 aliphatic heterocycles. The van der Waals surface area contributed by atoms with E-state index >= 15 is 0 Å². The standard InChI is InChI=1S/C22H18N2O4/c1-2-28-21(27)13-14-23-18-10-6-5-8-16(18)15-7-3-4-9-17(15)22(23)24-19(25)11-12-20(24)26/h3-14,22H,2H2,1H3/b14-13+. The Morgan fingerprint density at radius 1 is 1.00 bits per heavy atom. The third-order valence-corrected chi connectivity index (χ3v) is 4.72. The normalized spacial score (nSPS) is 17.8. The fraction of sp³-hybridized carbons (Fsp3) is 0.136. The molecule has 140 valence electrons. The van der Waals surface area contributed by atoms with E-state index in [4.69, 9.17) is 4.74 Å². The molecule has 1 atom stereocenters. The first-order valence-corrected chi connectivity index (χ1v) is 8.98. The lowest BCUT2D eigenvalue weighted by Gasteiger charge is -2.41. The van der Waals surface area contributed by atoms with Gasteiger partial charge in [-0.2, -0.15) is 0 Å². The third-order valence-electron chi connectivity index (χ3n) is 4.72. The number of hydrogen-bond acceptors (Lipinski definition) is 5. The minimum Gasteiger partial charge on any atom is -0.463 e. The molecule has 6 nitrogen and oxygen atoms in total. The van der Waals surface area contributed by atoms with Gasteiger partial charge in [-0.05, 0) is 18.6 Å². The van der Waals surface area contributed by atoms with Gasteiger partial charge in [0.25, 0.3) is 11.8 Å². The highest BCUT2D eigenvalue weighted by Gasteiger charge is 2.40. The number of benzene rings is 2. The first-order chi connectivity index (χ1) is 13.6. The Labute approximate surface area is 162 Å². The monoisotopic (exact) mass is 374 g/mol. The molecule has 0 N–H and O–H groups in total. The Balaban J connectivity index is 1.89. The van der Waals surface area contributed by atoms with Gasteiger partial charge in [0.1, 0.15) is 6.17 Å². The number of para-hydroxylation sites is 1. The number of amides is 2. The number of hydrogen-bond donors (Lipinski definition) is 0. The summed E-state index contributed by atoms with van der Waals surface area (Å²) in [6, 6.07) is 15.3. The summed E-state index contributed by atoms with van der Waals surface area (Å²) in [4.78, 5) is 39.8. The minimum absolute atomic E-state index is 0.263. The molecule has 2 aliphatic rings. The van der Waals surface area contributed by atoms with Crippen molar-refractivity contribution in [3.05, 3.63) is 78.5 Å². The van der Waals surface area contributed by atoms with Crippen LogP contribution in [-0.4, -0.2) is 29.3 Å². The fourth-order valence-corrected chi connectivity index (χ4v) is 3.59. The van der Waals surface area contributed by atoms with E-state index < -0.39 is 23.9 Å². The fourth-order valence-electron chi connectivity index (χ4n) is 3.59. The Kier molecular flexibility index (Phi) is 4.53. The van der Waals surface area contributed by atoms with Gasteiger partial charge in [0, 0.05) is 35.6 Å². The number of nitrogens with zero attached hydrogens (tertiary/aromatic N) is 2. The van der Waals surface area contributed by atoms with Crippen molar-refractivity contribution in [1.29, 1.82) is 0 Å². The van der Waals surface area contributed by atoms with Crippen LogP contribution in [0.15, 0.2) is 73.0 Å². The summed E-state index contributed by atoms with van der Waals surface area (Å²) < 4.78 is 4.98. The lowest BCUT2D eigenvalue weighted by molar-refractivity contribution is -0.139. The van der Waals surface area contributed by atoms with E-state index in [1.807, 2.05) is 48.5 Å². The molecule has 6 heteroatoms. The number of carbonyl (C=O) groups excluding carboxylic acids is 3. The Hall–Kier alpha value is -3.67. The van der Waals surface area contributed by atoms with Crippen LogP contribution in [0.2, 0.25) is 0 Å². The van der Waals surface area contributed by atoms with E-state index in [-0.39, 0.29) is 6.61 Å². The first kappa shape index (κ1) is 17.7. The van der Waals surface area contributed by atoms with Crippen molar-refractivity contribution in [2.45, 2.75) is 13.1 Å². The SMILES string of the molecule is CCOC(=O)/C=C/N1c2ccccc2-c2ccccc2C1N1C(=O)C=CC1=O. The van der Waals surface area contributed by atoms with Crippen LogP contribution in [0.5, 0.6) is 0 Å². The highest BCUT2D eigenvalue weighted by atomic mass is 16.5. The van der Waals surface area contributed by atoms with Gasteiger partial charge < -0.3 is 9.64 Å². The number of ether oxygens (including phenoxy) is 1. The van der Waals surface area contributed by atoms with Crippen LogP contribution < -0.4 is 4.90 Å². The molecule has 0 saturated heterocycles. The number of esters is 1. The molecule has 0 radical (unpaired) electrons. The van der Waals surface area contributed by atoms with Gasteiger partial charge in [0.2, 0.25) is 0 Å². The second kappa shape index (κ2) is 7.15. The summed E-state index contributed by atoms with van der Waals surface area (Å²) in [7, 11) is 0. The molecule has 2 amide bonds. The molecule has 4 rings (SSSR count). The zero-order chi connectivity index (χ0) is 19.7. The number of imide groups is 1. The lowest BCUT2D eigenvalue weighted by atomic mass is 9.91. The van der Waals surface area contributed by atoms with Crippen molar-refractivity contribution in [3.8, 4) is 11.1 Å². The van der Waals surface area contributed by atoms with E-state index in [0.717, 1.165) is 22.4 Å². The largest absolute Gasteiger partial charge is 0.463 e. The van der Waals surface area contributed by atoms with Gasteiger partial charge >= 0.3 is 5.97 Å². The van der Waals surface area contributed by atoms with Crippen LogP contribution in [0.3, 0.4) is 0 Å². The van der Waals surface area contributed by atoms with Gasteiger partial charge in [-0.15, -0.1) is 0 Å². The molecule has 0 aromatic heterocycles. The van der Waals surface area contributed by atoms with Gasteiger partial charge in [0.15, 0.2) is 0 Å². The first-order valence-electron chi connectivity index (χ1n) is 8.98. The third kappa shape index (κ3) is 2.89. The second-order valence-corrected chi connectivity index (χ2v) is 6.33. The van der Waals surface area contributed by atoms with E-state index in [0.29, 0.717) is 0 Å². The van der Waals surface area contributed by atoms with Crippen molar-refractivity contribution >= 4 is 23.5 Å². The minimum atomic E-state index is -0.702. The van der Waals surface area contributed by atoms with Crippen molar-refractivity contribution in [2.24, 2.45) is 0 Å². The number of fused-ring (bicyclic) bond motifs is 3. The van der Waals surface area contributed by atoms with Crippen LogP contribution in [0.1, 0.15) is 18.7 Å². The Morgan fingerprint density at radius 3 is 2.36 bits per heavy atom. The van der Waals surface area contributed by atoms with Gasteiger partial charge in [-0.25, -0.2) is 9.69 Å². The Bertz CT molecular complexity index is 1010. The van der Waals surface area contributed by atoms with Crippen LogP contribution >= 0.6 is 0 Å². The van der Waals surface area contributed by atoms with Crippen LogP contribution in [0.4, 0.5) is 5.69 Å². The highest BCUT2D eigenvalue weighted by molar-refractivity contribution is 6.13. The molecule has 0 aliphatic carbocycles. The van der Waals surface area contributed by atoms with Crippen LogP contribution in [-0.2, 0) is 19.1 Å². The molecular formula is C22H18N2O4. The van der Waals surface area contributed by atoms with Gasteiger partial charge in [0.05, 0.1) is 12.3 Å². The van der Waals surface area contributed by atoms with Gasteiger partial charge in [-0.3, -0.25) is 9.59 Å². The summed E-state index contributed by atoms with van der Waals surface area (Å²) in [5.74, 6) is -1.27. The molecule has 0 bridgehead atoms. The van der Waals surface area contributed by atoms with E-state index in [1.54, 1.807) is 18.0 Å². The van der Waals surface area contributed by atoms with E-state index in [9.17, 15) is 14.4 Å². The molecular weight excluding hydrogens is 356 g/mol. The van der Waals surface area contributed by atoms with E-state index in [2.05, 4.69) is 0 Å². The Morgan fingerprint density at radius 2 is 1.64 bits per heavy atom. The molecule has 2 aromatic carbocycles.